The van der Waals surface area contributed by atoms with Gasteiger partial charge in [-0.2, -0.15) is 0 Å². The third kappa shape index (κ3) is 4.27. The molecule has 0 spiro atoms. The largest absolute Gasteiger partial charge is 0.497 e. The Labute approximate surface area is 198 Å². The Morgan fingerprint density at radius 1 is 0.853 bits per heavy atom. The molecule has 6 nitrogen and oxygen atoms in total. The minimum Gasteiger partial charge on any atom is -0.497 e. The maximum absolute atomic E-state index is 13.6. The molecule has 0 radical (unpaired) electrons. The van der Waals surface area contributed by atoms with Gasteiger partial charge in [-0.05, 0) is 59.9 Å². The first-order valence-electron chi connectivity index (χ1n) is 11.3. The van der Waals surface area contributed by atoms with Crippen molar-refractivity contribution in [2.75, 3.05) is 17.7 Å². The standard InChI is InChI=1S/C28H26N2O4/c1-17(31)34-22-13-9-19(10-14-22)28-27-25(29-23-5-3-4-6-24(23)30-28)15-20(16-26(27)32)18-7-11-21(33-2)12-8-18/h3-14,20,28-30H,15-16H2,1-2H3/t20-,28-/m0/s1. The summed E-state index contributed by atoms with van der Waals surface area (Å²) in [7, 11) is 1.65. The molecule has 172 valence electrons. The number of benzene rings is 3. The van der Waals surface area contributed by atoms with Crippen molar-refractivity contribution in [3.8, 4) is 11.5 Å². The van der Waals surface area contributed by atoms with Gasteiger partial charge >= 0.3 is 5.97 Å². The second kappa shape index (κ2) is 9.06. The predicted octanol–water partition coefficient (Wildman–Crippen LogP) is 5.60. The Morgan fingerprint density at radius 2 is 1.50 bits per heavy atom. The van der Waals surface area contributed by atoms with Gasteiger partial charge in [-0.3, -0.25) is 9.59 Å². The van der Waals surface area contributed by atoms with Crippen molar-refractivity contribution in [3.05, 3.63) is 95.2 Å². The molecule has 0 saturated carbocycles. The first-order valence-corrected chi connectivity index (χ1v) is 11.3. The highest BCUT2D eigenvalue weighted by Crippen LogP contribution is 2.44. The van der Waals surface area contributed by atoms with Crippen LogP contribution >= 0.6 is 0 Å². The summed E-state index contributed by atoms with van der Waals surface area (Å²) in [4.78, 5) is 24.9. The molecule has 0 unspecified atom stereocenters. The number of ether oxygens (including phenoxy) is 2. The molecule has 2 N–H and O–H groups in total. The topological polar surface area (TPSA) is 76.7 Å². The lowest BCUT2D eigenvalue weighted by molar-refractivity contribution is -0.131. The number of methoxy groups -OCH3 is 1. The van der Waals surface area contributed by atoms with Crippen molar-refractivity contribution < 1.29 is 19.1 Å². The number of hydrogen-bond donors (Lipinski definition) is 2. The summed E-state index contributed by atoms with van der Waals surface area (Å²) in [6.07, 6.45) is 1.17. The van der Waals surface area contributed by atoms with Crippen molar-refractivity contribution in [2.24, 2.45) is 0 Å². The molecule has 1 heterocycles. The number of carbonyl (C=O) groups is 2. The molecule has 3 aromatic rings. The van der Waals surface area contributed by atoms with Crippen molar-refractivity contribution in [1.29, 1.82) is 0 Å². The number of esters is 1. The van der Waals surface area contributed by atoms with E-state index in [0.717, 1.165) is 45.9 Å². The van der Waals surface area contributed by atoms with Crippen LogP contribution in [0.25, 0.3) is 0 Å². The lowest BCUT2D eigenvalue weighted by atomic mass is 9.78. The average Bonchev–Trinajstić information content (AvgIpc) is 3.01. The van der Waals surface area contributed by atoms with Crippen LogP contribution in [-0.2, 0) is 9.59 Å². The molecular formula is C28H26N2O4. The SMILES string of the molecule is COc1ccc([C@@H]2CC(=O)C3=C(C2)Nc2ccccc2N[C@H]3c2ccc(OC(C)=O)cc2)cc1. The van der Waals surface area contributed by atoms with Gasteiger partial charge in [0.05, 0.1) is 24.5 Å². The third-order valence-electron chi connectivity index (χ3n) is 6.37. The van der Waals surface area contributed by atoms with Crippen LogP contribution in [-0.4, -0.2) is 18.9 Å². The Hall–Kier alpha value is -4.06. The molecule has 5 rings (SSSR count). The minimum absolute atomic E-state index is 0.0851. The lowest BCUT2D eigenvalue weighted by Crippen LogP contribution is -2.26. The quantitative estimate of drug-likeness (QED) is 0.395. The van der Waals surface area contributed by atoms with Crippen LogP contribution in [0.4, 0.5) is 11.4 Å². The number of ketones is 1. The zero-order valence-electron chi connectivity index (χ0n) is 19.1. The highest BCUT2D eigenvalue weighted by molar-refractivity contribution is 6.01. The first-order chi connectivity index (χ1) is 16.5. The van der Waals surface area contributed by atoms with E-state index in [1.807, 2.05) is 60.7 Å². The van der Waals surface area contributed by atoms with E-state index in [9.17, 15) is 9.59 Å². The second-order valence-corrected chi connectivity index (χ2v) is 8.60. The molecule has 1 aliphatic heterocycles. The number of fused-ring (bicyclic) bond motifs is 1. The highest BCUT2D eigenvalue weighted by atomic mass is 16.5. The number of allylic oxidation sites excluding steroid dienone is 1. The van der Waals surface area contributed by atoms with Crippen LogP contribution in [0.3, 0.4) is 0 Å². The van der Waals surface area contributed by atoms with E-state index in [-0.39, 0.29) is 23.7 Å². The van der Waals surface area contributed by atoms with Gasteiger partial charge in [-0.1, -0.05) is 36.4 Å². The second-order valence-electron chi connectivity index (χ2n) is 8.60. The number of carbonyl (C=O) groups excluding carboxylic acids is 2. The molecule has 0 aromatic heterocycles. The number of Topliss-reactive ketones (excluding diaryl/α,β-unsaturated/α-hetero) is 1. The number of anilines is 2. The number of para-hydroxylation sites is 2. The number of nitrogens with one attached hydrogen (secondary N) is 2. The van der Waals surface area contributed by atoms with E-state index in [4.69, 9.17) is 9.47 Å². The predicted molar refractivity (Wildman–Crippen MR) is 131 cm³/mol. The van der Waals surface area contributed by atoms with Gasteiger partial charge in [0.2, 0.25) is 0 Å². The van der Waals surface area contributed by atoms with E-state index < -0.39 is 0 Å². The minimum atomic E-state index is -0.365. The third-order valence-corrected chi connectivity index (χ3v) is 6.37. The van der Waals surface area contributed by atoms with Crippen LogP contribution in [0.5, 0.6) is 11.5 Å². The monoisotopic (exact) mass is 454 g/mol. The van der Waals surface area contributed by atoms with Crippen LogP contribution in [0, 0.1) is 0 Å². The fourth-order valence-corrected chi connectivity index (χ4v) is 4.75. The summed E-state index contributed by atoms with van der Waals surface area (Å²) in [5.74, 6) is 1.11. The molecule has 0 fully saturated rings. The molecule has 2 aliphatic rings. The summed E-state index contributed by atoms with van der Waals surface area (Å²) < 4.78 is 10.5. The Morgan fingerprint density at radius 3 is 2.18 bits per heavy atom. The summed E-state index contributed by atoms with van der Waals surface area (Å²) in [5.41, 5.74) is 5.61. The molecule has 0 saturated heterocycles. The van der Waals surface area contributed by atoms with Crippen LogP contribution in [0.2, 0.25) is 0 Å². The zero-order chi connectivity index (χ0) is 23.7. The number of rotatable bonds is 4. The van der Waals surface area contributed by atoms with Gasteiger partial charge in [0.15, 0.2) is 5.78 Å². The van der Waals surface area contributed by atoms with Gasteiger partial charge in [-0.25, -0.2) is 0 Å². The van der Waals surface area contributed by atoms with Crippen LogP contribution < -0.4 is 20.1 Å². The van der Waals surface area contributed by atoms with Gasteiger partial charge in [-0.15, -0.1) is 0 Å². The van der Waals surface area contributed by atoms with Crippen molar-refractivity contribution in [2.45, 2.75) is 31.7 Å². The fourth-order valence-electron chi connectivity index (χ4n) is 4.75. The van der Waals surface area contributed by atoms with Gasteiger partial charge in [0.1, 0.15) is 11.5 Å². The molecule has 0 amide bonds. The highest BCUT2D eigenvalue weighted by Gasteiger charge is 2.36. The Kier molecular flexibility index (Phi) is 5.80. The summed E-state index contributed by atoms with van der Waals surface area (Å²) in [6.45, 7) is 1.38. The molecule has 1 aliphatic carbocycles. The Balaban J connectivity index is 1.53. The van der Waals surface area contributed by atoms with Gasteiger partial charge in [0.25, 0.3) is 0 Å². The molecular weight excluding hydrogens is 428 g/mol. The zero-order valence-corrected chi connectivity index (χ0v) is 19.1. The van der Waals surface area contributed by atoms with E-state index in [1.165, 1.54) is 6.92 Å². The molecule has 34 heavy (non-hydrogen) atoms. The van der Waals surface area contributed by atoms with E-state index >= 15 is 0 Å². The summed E-state index contributed by atoms with van der Waals surface area (Å²) in [6, 6.07) is 22.9. The first kappa shape index (κ1) is 21.8. The van der Waals surface area contributed by atoms with E-state index in [0.29, 0.717) is 12.2 Å². The van der Waals surface area contributed by atoms with Crippen molar-refractivity contribution >= 4 is 23.1 Å². The molecule has 0 bridgehead atoms. The van der Waals surface area contributed by atoms with Crippen molar-refractivity contribution in [1.82, 2.24) is 0 Å². The van der Waals surface area contributed by atoms with E-state index in [2.05, 4.69) is 10.6 Å². The average molecular weight is 455 g/mol. The maximum Gasteiger partial charge on any atom is 0.308 e. The normalized spacial score (nSPS) is 19.2. The van der Waals surface area contributed by atoms with Gasteiger partial charge in [0, 0.05) is 24.6 Å². The molecule has 2 atom stereocenters. The molecule has 6 heteroatoms. The number of hydrogen-bond acceptors (Lipinski definition) is 6. The van der Waals surface area contributed by atoms with E-state index in [1.54, 1.807) is 19.2 Å². The smallest absolute Gasteiger partial charge is 0.308 e. The maximum atomic E-state index is 13.6. The fraction of sp³-hybridized carbons (Fsp3) is 0.214. The summed E-state index contributed by atoms with van der Waals surface area (Å²) in [5, 5.41) is 7.12. The van der Waals surface area contributed by atoms with Gasteiger partial charge < -0.3 is 20.1 Å². The lowest BCUT2D eigenvalue weighted by Gasteiger charge is -2.30. The van der Waals surface area contributed by atoms with Crippen molar-refractivity contribution in [3.63, 3.8) is 0 Å². The van der Waals surface area contributed by atoms with Crippen LogP contribution in [0.15, 0.2) is 84.1 Å². The molecule has 3 aromatic carbocycles. The Bertz CT molecular complexity index is 1260. The van der Waals surface area contributed by atoms with Crippen LogP contribution in [0.1, 0.15) is 42.9 Å². The summed E-state index contributed by atoms with van der Waals surface area (Å²) >= 11 is 0.